The maximum Gasteiger partial charge on any atom is 0.113 e. The fourth-order valence-electron chi connectivity index (χ4n) is 3.68. The van der Waals surface area contributed by atoms with E-state index in [0.29, 0.717) is 6.54 Å². The van der Waals surface area contributed by atoms with Gasteiger partial charge in [-0.3, -0.25) is 4.98 Å². The molecule has 0 amide bonds. The first-order chi connectivity index (χ1) is 16.2. The highest BCUT2D eigenvalue weighted by Gasteiger charge is 2.03. The molecule has 0 saturated heterocycles. The zero-order valence-corrected chi connectivity index (χ0v) is 19.2. The molecule has 2 aromatic heterocycles. The molecule has 0 fully saturated rings. The molecule has 2 heterocycles. The molecule has 2 N–H and O–H groups in total. The third-order valence-corrected chi connectivity index (χ3v) is 5.83. The zero-order valence-electron chi connectivity index (χ0n) is 18.5. The number of pyridine rings is 2. The number of nitrogens with zero attached hydrogens (tertiary/aromatic N) is 2. The van der Waals surface area contributed by atoms with E-state index in [0.717, 1.165) is 53.2 Å². The van der Waals surface area contributed by atoms with E-state index in [1.807, 2.05) is 48.7 Å². The van der Waals surface area contributed by atoms with Gasteiger partial charge in [0.1, 0.15) is 5.69 Å². The van der Waals surface area contributed by atoms with Gasteiger partial charge >= 0.3 is 0 Å². The Morgan fingerprint density at radius 3 is 2.18 bits per heavy atom. The first-order valence-electron chi connectivity index (χ1n) is 11.1. The van der Waals surface area contributed by atoms with Crippen molar-refractivity contribution in [2.45, 2.75) is 32.2 Å². The number of nitrogens with two attached hydrogens (primary N) is 1. The average Bonchev–Trinajstić information content (AvgIpc) is 2.87. The highest BCUT2D eigenvalue weighted by molar-refractivity contribution is 6.30. The first-order valence-corrected chi connectivity index (χ1v) is 11.5. The van der Waals surface area contributed by atoms with Gasteiger partial charge in [-0.25, -0.2) is 4.98 Å². The molecule has 4 heteroatoms. The molecule has 0 unspecified atom stereocenters. The predicted octanol–water partition coefficient (Wildman–Crippen LogP) is 6.03. The minimum atomic E-state index is 0.484. The van der Waals surface area contributed by atoms with Gasteiger partial charge in [-0.05, 0) is 71.7 Å². The summed E-state index contributed by atoms with van der Waals surface area (Å²) in [4.78, 5) is 8.83. The van der Waals surface area contributed by atoms with E-state index >= 15 is 0 Å². The van der Waals surface area contributed by atoms with Crippen LogP contribution in [0.4, 0.5) is 0 Å². The molecule has 0 atom stereocenters. The van der Waals surface area contributed by atoms with Crippen LogP contribution in [0.5, 0.6) is 0 Å². The van der Waals surface area contributed by atoms with E-state index in [2.05, 4.69) is 52.1 Å². The van der Waals surface area contributed by atoms with Gasteiger partial charge < -0.3 is 5.73 Å². The summed E-state index contributed by atoms with van der Waals surface area (Å²) in [6.07, 6.45) is 7.32. The molecule has 33 heavy (non-hydrogen) atoms. The Bertz CT molecular complexity index is 1240. The van der Waals surface area contributed by atoms with E-state index < -0.39 is 0 Å². The van der Waals surface area contributed by atoms with Crippen molar-refractivity contribution in [2.75, 3.05) is 0 Å². The number of halogens is 1. The summed E-state index contributed by atoms with van der Waals surface area (Å²) in [5.74, 6) is 6.41. The van der Waals surface area contributed by atoms with Gasteiger partial charge in [0.15, 0.2) is 0 Å². The van der Waals surface area contributed by atoms with E-state index in [9.17, 15) is 0 Å². The quantitative estimate of drug-likeness (QED) is 0.349. The first kappa shape index (κ1) is 22.7. The summed E-state index contributed by atoms with van der Waals surface area (Å²) in [6, 6.07) is 24.7. The molecule has 0 aliphatic rings. The van der Waals surface area contributed by atoms with Crippen LogP contribution in [0.25, 0.3) is 11.1 Å². The normalized spacial score (nSPS) is 10.5. The van der Waals surface area contributed by atoms with E-state index in [1.54, 1.807) is 6.20 Å². The maximum absolute atomic E-state index is 5.95. The average molecular weight is 452 g/mol. The summed E-state index contributed by atoms with van der Waals surface area (Å²) >= 11 is 5.95. The Morgan fingerprint density at radius 2 is 1.48 bits per heavy atom. The highest BCUT2D eigenvalue weighted by atomic mass is 35.5. The second-order valence-electron chi connectivity index (χ2n) is 7.87. The standard InChI is InChI=1S/C29H26ClN3/c30-27-16-13-24(14-17-27)26-15-18-28(33-21-26)6-2-1-4-22-7-9-23(10-8-22)11-12-25-5-3-19-32-29(25)20-31/h3,5,7-10,13-19,21H,1,4,11-12,20,31H2. The summed E-state index contributed by atoms with van der Waals surface area (Å²) in [6.45, 7) is 0.484. The van der Waals surface area contributed by atoms with E-state index in [1.165, 1.54) is 16.7 Å². The lowest BCUT2D eigenvalue weighted by Gasteiger charge is -2.07. The van der Waals surface area contributed by atoms with Gasteiger partial charge in [0.05, 0.1) is 5.69 Å². The van der Waals surface area contributed by atoms with Crippen LogP contribution in [0.15, 0.2) is 85.2 Å². The van der Waals surface area contributed by atoms with Crippen LogP contribution in [0.3, 0.4) is 0 Å². The molecule has 164 valence electrons. The molecule has 4 rings (SSSR count). The summed E-state index contributed by atoms with van der Waals surface area (Å²) in [5, 5.41) is 0.731. The van der Waals surface area contributed by atoms with Gasteiger partial charge in [-0.1, -0.05) is 66.1 Å². The van der Waals surface area contributed by atoms with Crippen molar-refractivity contribution in [3.8, 4) is 23.0 Å². The van der Waals surface area contributed by atoms with Gasteiger partial charge in [0.25, 0.3) is 0 Å². The lowest BCUT2D eigenvalue weighted by Crippen LogP contribution is -2.05. The summed E-state index contributed by atoms with van der Waals surface area (Å²) < 4.78 is 0. The largest absolute Gasteiger partial charge is 0.325 e. The fourth-order valence-corrected chi connectivity index (χ4v) is 3.80. The minimum absolute atomic E-state index is 0.484. The topological polar surface area (TPSA) is 51.8 Å². The second kappa shape index (κ2) is 11.4. The molecule has 0 aliphatic heterocycles. The van der Waals surface area contributed by atoms with Crippen LogP contribution in [0.2, 0.25) is 5.02 Å². The lowest BCUT2D eigenvalue weighted by atomic mass is 10.0. The summed E-state index contributed by atoms with van der Waals surface area (Å²) in [5.41, 5.74) is 13.6. The number of aryl methyl sites for hydroxylation is 3. The second-order valence-corrected chi connectivity index (χ2v) is 8.31. The molecule has 4 aromatic rings. The van der Waals surface area contributed by atoms with Gasteiger partial charge in [-0.2, -0.15) is 0 Å². The number of aromatic nitrogens is 2. The SMILES string of the molecule is NCc1ncccc1CCc1ccc(CCC#Cc2ccc(-c3ccc(Cl)cc3)cn2)cc1. The Hall–Kier alpha value is -3.45. The van der Waals surface area contributed by atoms with E-state index in [4.69, 9.17) is 17.3 Å². The van der Waals surface area contributed by atoms with Crippen molar-refractivity contribution < 1.29 is 0 Å². The minimum Gasteiger partial charge on any atom is -0.325 e. The zero-order chi connectivity index (χ0) is 22.9. The van der Waals surface area contributed by atoms with Crippen LogP contribution in [-0.4, -0.2) is 9.97 Å². The fraction of sp³-hybridized carbons (Fsp3) is 0.172. The third kappa shape index (κ3) is 6.52. The summed E-state index contributed by atoms with van der Waals surface area (Å²) in [7, 11) is 0. The molecule has 0 saturated carbocycles. The molecule has 2 aromatic carbocycles. The van der Waals surface area contributed by atoms with Crippen LogP contribution >= 0.6 is 11.6 Å². The Morgan fingerprint density at radius 1 is 0.758 bits per heavy atom. The molecular weight excluding hydrogens is 426 g/mol. The maximum atomic E-state index is 5.95. The molecule has 3 nitrogen and oxygen atoms in total. The molecule has 0 spiro atoms. The van der Waals surface area contributed by atoms with Gasteiger partial charge in [0, 0.05) is 35.9 Å². The molecule has 0 radical (unpaired) electrons. The Kier molecular flexibility index (Phi) is 7.87. The number of hydrogen-bond acceptors (Lipinski definition) is 3. The lowest BCUT2D eigenvalue weighted by molar-refractivity contribution is 0.885. The Labute approximate surface area is 200 Å². The van der Waals surface area contributed by atoms with Crippen molar-refractivity contribution in [2.24, 2.45) is 5.73 Å². The van der Waals surface area contributed by atoms with Crippen LogP contribution < -0.4 is 5.73 Å². The number of hydrogen-bond donors (Lipinski definition) is 1. The molecule has 0 aliphatic carbocycles. The molecule has 0 bridgehead atoms. The van der Waals surface area contributed by atoms with Gasteiger partial charge in [-0.15, -0.1) is 0 Å². The van der Waals surface area contributed by atoms with Crippen LogP contribution in [0.1, 0.15) is 34.5 Å². The van der Waals surface area contributed by atoms with Crippen molar-refractivity contribution in [1.82, 2.24) is 9.97 Å². The van der Waals surface area contributed by atoms with Crippen LogP contribution in [-0.2, 0) is 25.8 Å². The molecular formula is C29H26ClN3. The van der Waals surface area contributed by atoms with Crippen molar-refractivity contribution >= 4 is 11.6 Å². The van der Waals surface area contributed by atoms with Crippen molar-refractivity contribution in [1.29, 1.82) is 0 Å². The van der Waals surface area contributed by atoms with Crippen molar-refractivity contribution in [3.05, 3.63) is 118 Å². The third-order valence-electron chi connectivity index (χ3n) is 5.58. The van der Waals surface area contributed by atoms with Crippen molar-refractivity contribution in [3.63, 3.8) is 0 Å². The monoisotopic (exact) mass is 451 g/mol. The van der Waals surface area contributed by atoms with Gasteiger partial charge in [0.2, 0.25) is 0 Å². The predicted molar refractivity (Wildman–Crippen MR) is 136 cm³/mol. The Balaban J connectivity index is 1.27. The smallest absolute Gasteiger partial charge is 0.113 e. The van der Waals surface area contributed by atoms with E-state index in [-0.39, 0.29) is 0 Å². The highest BCUT2D eigenvalue weighted by Crippen LogP contribution is 2.20. The number of benzene rings is 2. The van der Waals surface area contributed by atoms with Crippen LogP contribution in [0, 0.1) is 11.8 Å². The number of rotatable bonds is 7.